The lowest BCUT2D eigenvalue weighted by molar-refractivity contribution is -0.111. The second-order valence-corrected chi connectivity index (χ2v) is 5.85. The van der Waals surface area contributed by atoms with Gasteiger partial charge in [-0.25, -0.2) is 0 Å². The minimum Gasteiger partial charge on any atom is -0.495 e. The van der Waals surface area contributed by atoms with E-state index in [9.17, 15) is 4.79 Å². The van der Waals surface area contributed by atoms with Crippen LogP contribution >= 0.6 is 0 Å². The number of rotatable bonds is 8. The number of amides is 1. The van der Waals surface area contributed by atoms with Crippen molar-refractivity contribution in [3.63, 3.8) is 0 Å². The first-order chi connectivity index (χ1) is 14.0. The number of nitrogens with zero attached hydrogens (tertiary/aromatic N) is 1. The van der Waals surface area contributed by atoms with Crippen LogP contribution in [0.1, 0.15) is 21.5 Å². The number of carbonyl (C=O) groups excluding carboxylic acids is 1. The van der Waals surface area contributed by atoms with Crippen molar-refractivity contribution >= 4 is 23.4 Å². The Hall–Kier alpha value is -3.99. The van der Waals surface area contributed by atoms with E-state index >= 15 is 0 Å². The van der Waals surface area contributed by atoms with Crippen molar-refractivity contribution < 1.29 is 24.4 Å². The van der Waals surface area contributed by atoms with Crippen molar-refractivity contribution in [3.8, 4) is 23.3 Å². The molecule has 1 amide bonds. The number of nitrogen functional groups attached to an aromatic ring is 1. The van der Waals surface area contributed by atoms with Crippen LogP contribution in [0.15, 0.2) is 36.4 Å². The SMILES string of the molecule is COc1ccc(/C=C/C(=[NH2+])c2c(N)ccc(C(=O)NCC#N)c2OC)cc1OC. The van der Waals surface area contributed by atoms with Crippen LogP contribution in [-0.4, -0.2) is 39.5 Å². The van der Waals surface area contributed by atoms with Crippen molar-refractivity contribution in [2.45, 2.75) is 0 Å². The molecule has 0 aromatic heterocycles. The molecule has 0 bridgehead atoms. The van der Waals surface area contributed by atoms with Gasteiger partial charge in [-0.15, -0.1) is 0 Å². The fourth-order valence-electron chi connectivity index (χ4n) is 2.73. The molecule has 150 valence electrons. The summed E-state index contributed by atoms with van der Waals surface area (Å²) in [6, 6.07) is 10.4. The van der Waals surface area contributed by atoms with Crippen LogP contribution in [0.25, 0.3) is 6.08 Å². The maximum Gasteiger partial charge on any atom is 0.255 e. The molecule has 2 aromatic rings. The molecule has 8 nitrogen and oxygen atoms in total. The Kier molecular flexibility index (Phi) is 7.20. The Labute approximate surface area is 169 Å². The average Bonchev–Trinajstić information content (AvgIpc) is 2.74. The number of carbonyl (C=O) groups is 1. The molecule has 0 radical (unpaired) electrons. The summed E-state index contributed by atoms with van der Waals surface area (Å²) >= 11 is 0. The summed E-state index contributed by atoms with van der Waals surface area (Å²) in [5.74, 6) is 0.973. The lowest BCUT2D eigenvalue weighted by Gasteiger charge is -2.13. The second-order valence-electron chi connectivity index (χ2n) is 5.85. The third-order valence-corrected chi connectivity index (χ3v) is 4.12. The van der Waals surface area contributed by atoms with Crippen molar-refractivity contribution in [2.24, 2.45) is 0 Å². The maximum absolute atomic E-state index is 12.3. The van der Waals surface area contributed by atoms with Crippen LogP contribution in [0, 0.1) is 11.3 Å². The Morgan fingerprint density at radius 1 is 1.17 bits per heavy atom. The fraction of sp³-hybridized carbons (Fsp3) is 0.190. The van der Waals surface area contributed by atoms with Gasteiger partial charge in [0.2, 0.25) is 5.71 Å². The molecular weight excluding hydrogens is 372 g/mol. The molecule has 0 aliphatic heterocycles. The van der Waals surface area contributed by atoms with Gasteiger partial charge in [-0.3, -0.25) is 10.2 Å². The van der Waals surface area contributed by atoms with E-state index in [2.05, 4.69) is 5.32 Å². The number of hydrogen-bond acceptors (Lipinski definition) is 6. The smallest absolute Gasteiger partial charge is 0.255 e. The van der Waals surface area contributed by atoms with E-state index in [1.807, 2.05) is 12.1 Å². The lowest BCUT2D eigenvalue weighted by atomic mass is 10.0. The predicted octanol–water partition coefficient (Wildman–Crippen LogP) is 0.810. The Morgan fingerprint density at radius 2 is 1.90 bits per heavy atom. The molecule has 0 unspecified atom stereocenters. The van der Waals surface area contributed by atoms with E-state index in [0.717, 1.165) is 5.56 Å². The zero-order valence-corrected chi connectivity index (χ0v) is 16.5. The highest BCUT2D eigenvalue weighted by Gasteiger charge is 2.22. The zero-order valence-electron chi connectivity index (χ0n) is 16.5. The molecular formula is C21H23N4O4+. The van der Waals surface area contributed by atoms with E-state index in [1.165, 1.54) is 13.2 Å². The molecule has 8 heteroatoms. The number of allylic oxidation sites excluding steroid dienone is 1. The summed E-state index contributed by atoms with van der Waals surface area (Å²) in [5, 5.41) is 17.4. The minimum atomic E-state index is -0.457. The zero-order chi connectivity index (χ0) is 21.4. The highest BCUT2D eigenvalue weighted by atomic mass is 16.5. The maximum atomic E-state index is 12.3. The van der Waals surface area contributed by atoms with Gasteiger partial charge in [0.1, 0.15) is 17.9 Å². The number of nitrogens with one attached hydrogen (secondary N) is 1. The van der Waals surface area contributed by atoms with E-state index < -0.39 is 5.91 Å². The first-order valence-electron chi connectivity index (χ1n) is 8.61. The van der Waals surface area contributed by atoms with Crippen LogP contribution in [0.2, 0.25) is 0 Å². The summed E-state index contributed by atoms with van der Waals surface area (Å²) < 4.78 is 15.9. The average molecular weight is 395 g/mol. The van der Waals surface area contributed by atoms with Gasteiger partial charge in [0.25, 0.3) is 5.91 Å². The van der Waals surface area contributed by atoms with Gasteiger partial charge in [0, 0.05) is 11.8 Å². The summed E-state index contributed by atoms with van der Waals surface area (Å²) in [4.78, 5) is 12.3. The van der Waals surface area contributed by atoms with Crippen LogP contribution in [0.4, 0.5) is 5.69 Å². The topological polar surface area (TPSA) is 132 Å². The number of methoxy groups -OCH3 is 3. The molecule has 2 aromatic carbocycles. The van der Waals surface area contributed by atoms with E-state index in [4.69, 9.17) is 30.6 Å². The van der Waals surface area contributed by atoms with Crippen molar-refractivity contribution in [1.29, 1.82) is 5.26 Å². The van der Waals surface area contributed by atoms with Crippen LogP contribution in [0.5, 0.6) is 17.2 Å². The molecule has 0 atom stereocenters. The third-order valence-electron chi connectivity index (χ3n) is 4.12. The van der Waals surface area contributed by atoms with Gasteiger partial charge in [-0.05, 0) is 35.9 Å². The highest BCUT2D eigenvalue weighted by Crippen LogP contribution is 2.30. The summed E-state index contributed by atoms with van der Waals surface area (Å²) in [5.41, 5.74) is 8.20. The van der Waals surface area contributed by atoms with E-state index in [-0.39, 0.29) is 17.9 Å². The van der Waals surface area contributed by atoms with Crippen molar-refractivity contribution in [3.05, 3.63) is 53.1 Å². The molecule has 0 saturated heterocycles. The predicted molar refractivity (Wildman–Crippen MR) is 110 cm³/mol. The first kappa shape index (κ1) is 21.3. The molecule has 0 aliphatic rings. The van der Waals surface area contributed by atoms with Gasteiger partial charge < -0.3 is 25.3 Å². The summed E-state index contributed by atoms with van der Waals surface area (Å²) in [6.45, 7) is -0.125. The van der Waals surface area contributed by atoms with Crippen LogP contribution in [0.3, 0.4) is 0 Å². The van der Waals surface area contributed by atoms with Gasteiger partial charge in [-0.1, -0.05) is 6.07 Å². The number of nitrogens with two attached hydrogens (primary N) is 2. The molecule has 0 fully saturated rings. The molecule has 0 spiro atoms. The van der Waals surface area contributed by atoms with Crippen LogP contribution in [-0.2, 0) is 0 Å². The highest BCUT2D eigenvalue weighted by molar-refractivity contribution is 6.14. The fourth-order valence-corrected chi connectivity index (χ4v) is 2.73. The first-order valence-corrected chi connectivity index (χ1v) is 8.61. The molecule has 0 heterocycles. The number of ether oxygens (including phenoxy) is 3. The quantitative estimate of drug-likeness (QED) is 0.344. The molecule has 5 N–H and O–H groups in total. The number of nitriles is 1. The number of anilines is 1. The summed E-state index contributed by atoms with van der Waals surface area (Å²) in [7, 11) is 4.54. The Bertz CT molecular complexity index is 993. The lowest BCUT2D eigenvalue weighted by Crippen LogP contribution is -2.40. The van der Waals surface area contributed by atoms with E-state index in [0.29, 0.717) is 28.5 Å². The number of hydrogen-bond donors (Lipinski definition) is 3. The number of benzene rings is 2. The largest absolute Gasteiger partial charge is 0.495 e. The Balaban J connectivity index is 2.38. The van der Waals surface area contributed by atoms with Gasteiger partial charge in [0.05, 0.1) is 33.0 Å². The molecule has 0 saturated carbocycles. The second kappa shape index (κ2) is 9.80. The summed E-state index contributed by atoms with van der Waals surface area (Å²) in [6.07, 6.45) is 3.44. The minimum absolute atomic E-state index is 0.125. The van der Waals surface area contributed by atoms with E-state index in [1.54, 1.807) is 44.6 Å². The van der Waals surface area contributed by atoms with Crippen molar-refractivity contribution in [1.82, 2.24) is 5.32 Å². The molecule has 29 heavy (non-hydrogen) atoms. The van der Waals surface area contributed by atoms with Gasteiger partial charge in [-0.2, -0.15) is 5.26 Å². The normalized spacial score (nSPS) is 10.3. The van der Waals surface area contributed by atoms with Crippen LogP contribution < -0.4 is 30.7 Å². The van der Waals surface area contributed by atoms with Gasteiger partial charge >= 0.3 is 0 Å². The third kappa shape index (κ3) is 4.84. The van der Waals surface area contributed by atoms with Gasteiger partial charge in [0.15, 0.2) is 11.5 Å². The monoisotopic (exact) mass is 395 g/mol. The van der Waals surface area contributed by atoms with Crippen molar-refractivity contribution in [2.75, 3.05) is 33.6 Å². The molecule has 0 aliphatic carbocycles. The Morgan fingerprint density at radius 3 is 2.52 bits per heavy atom. The molecule has 2 rings (SSSR count). The standard InChI is InChI=1S/C21H22N4O4/c1-27-17-9-5-13(12-18(17)28-2)4-7-15(23)19-16(24)8-6-14(20(19)29-3)21(26)25-11-10-22/h4-9,12,23H,11,24H2,1-3H3,(H,25,26)/p+1/b7-4+,23-15?.